The number of aliphatic imine (C=N–C) groups is 1. The third-order valence-electron chi connectivity index (χ3n) is 3.58. The predicted molar refractivity (Wildman–Crippen MR) is 69.3 cm³/mol. The zero-order valence-corrected chi connectivity index (χ0v) is 10.8. The van der Waals surface area contributed by atoms with E-state index in [-0.39, 0.29) is 0 Å². The average molecular weight is 248 g/mol. The maximum absolute atomic E-state index is 4.22. The zero-order chi connectivity index (χ0) is 12.4. The van der Waals surface area contributed by atoms with Crippen LogP contribution in [0.15, 0.2) is 4.99 Å². The Balaban J connectivity index is 1.52. The van der Waals surface area contributed by atoms with Crippen LogP contribution in [0.3, 0.4) is 0 Å². The van der Waals surface area contributed by atoms with Gasteiger partial charge < -0.3 is 15.2 Å². The Bertz CT molecular complexity index is 445. The molecular weight excluding hydrogens is 228 g/mol. The van der Waals surface area contributed by atoms with Crippen molar-refractivity contribution in [3.05, 3.63) is 11.6 Å². The lowest BCUT2D eigenvalue weighted by Crippen LogP contribution is -2.38. The van der Waals surface area contributed by atoms with E-state index in [2.05, 4.69) is 30.4 Å². The number of rotatable bonds is 4. The summed E-state index contributed by atoms with van der Waals surface area (Å²) < 4.78 is 2.21. The van der Waals surface area contributed by atoms with Gasteiger partial charge in [-0.05, 0) is 25.2 Å². The van der Waals surface area contributed by atoms with E-state index in [1.165, 1.54) is 19.3 Å². The molecule has 1 aliphatic heterocycles. The first kappa shape index (κ1) is 11.5. The molecule has 0 amide bonds. The molecule has 18 heavy (non-hydrogen) atoms. The molecule has 2 heterocycles. The number of aryl methyl sites for hydroxylation is 1. The average Bonchev–Trinajstić information content (AvgIpc) is 2.96. The highest BCUT2D eigenvalue weighted by molar-refractivity contribution is 5.79. The van der Waals surface area contributed by atoms with E-state index in [0.717, 1.165) is 43.0 Å². The maximum atomic E-state index is 4.22. The third-order valence-corrected chi connectivity index (χ3v) is 3.58. The molecule has 0 radical (unpaired) electrons. The van der Waals surface area contributed by atoms with E-state index in [9.17, 15) is 0 Å². The molecule has 1 aromatic rings. The standard InChI is InChI=1S/C12H20N6/c1-13-12(14-7-9-4-5-9)15-8-11-17-16-10-3-2-6-18(10)11/h9H,2-8H2,1H3,(H2,13,14,15). The molecule has 3 rings (SSSR count). The lowest BCUT2D eigenvalue weighted by molar-refractivity contribution is 0.659. The Morgan fingerprint density at radius 3 is 3.06 bits per heavy atom. The van der Waals surface area contributed by atoms with Gasteiger partial charge in [0.2, 0.25) is 0 Å². The van der Waals surface area contributed by atoms with E-state index in [1.807, 2.05) is 0 Å². The molecule has 6 heteroatoms. The van der Waals surface area contributed by atoms with E-state index in [1.54, 1.807) is 7.05 Å². The summed E-state index contributed by atoms with van der Waals surface area (Å²) in [5.41, 5.74) is 0. The normalized spacial score (nSPS) is 18.8. The minimum absolute atomic E-state index is 0.692. The second-order valence-electron chi connectivity index (χ2n) is 5.04. The largest absolute Gasteiger partial charge is 0.356 e. The summed E-state index contributed by atoms with van der Waals surface area (Å²) >= 11 is 0. The number of hydrogen-bond donors (Lipinski definition) is 2. The van der Waals surface area contributed by atoms with Crippen molar-refractivity contribution in [2.24, 2.45) is 10.9 Å². The van der Waals surface area contributed by atoms with Gasteiger partial charge in [0, 0.05) is 26.6 Å². The van der Waals surface area contributed by atoms with Crippen LogP contribution in [0.5, 0.6) is 0 Å². The molecule has 0 saturated heterocycles. The number of nitrogens with zero attached hydrogens (tertiary/aromatic N) is 4. The van der Waals surface area contributed by atoms with Crippen molar-refractivity contribution in [3.63, 3.8) is 0 Å². The number of aromatic nitrogens is 3. The van der Waals surface area contributed by atoms with Crippen molar-refractivity contribution in [2.75, 3.05) is 13.6 Å². The van der Waals surface area contributed by atoms with Crippen molar-refractivity contribution in [1.82, 2.24) is 25.4 Å². The van der Waals surface area contributed by atoms with Crippen molar-refractivity contribution >= 4 is 5.96 Å². The SMILES string of the molecule is CN=C(NCc1nnc2n1CCC2)NCC1CC1. The summed E-state index contributed by atoms with van der Waals surface area (Å²) in [4.78, 5) is 4.22. The van der Waals surface area contributed by atoms with E-state index >= 15 is 0 Å². The van der Waals surface area contributed by atoms with Gasteiger partial charge in [-0.25, -0.2) is 0 Å². The minimum atomic E-state index is 0.692. The van der Waals surface area contributed by atoms with Gasteiger partial charge >= 0.3 is 0 Å². The molecule has 1 aliphatic carbocycles. The maximum Gasteiger partial charge on any atom is 0.191 e. The molecule has 0 atom stereocenters. The smallest absolute Gasteiger partial charge is 0.191 e. The number of hydrogen-bond acceptors (Lipinski definition) is 3. The van der Waals surface area contributed by atoms with Crippen molar-refractivity contribution in [2.45, 2.75) is 38.8 Å². The van der Waals surface area contributed by atoms with Gasteiger partial charge in [-0.1, -0.05) is 0 Å². The van der Waals surface area contributed by atoms with Gasteiger partial charge in [0.05, 0.1) is 6.54 Å². The van der Waals surface area contributed by atoms with Crippen LogP contribution in [0, 0.1) is 5.92 Å². The molecule has 98 valence electrons. The Kier molecular flexibility index (Phi) is 3.17. The zero-order valence-electron chi connectivity index (χ0n) is 10.8. The highest BCUT2D eigenvalue weighted by atomic mass is 15.3. The summed E-state index contributed by atoms with van der Waals surface area (Å²) in [6.45, 7) is 2.77. The van der Waals surface area contributed by atoms with Crippen LogP contribution >= 0.6 is 0 Å². The number of fused-ring (bicyclic) bond motifs is 1. The molecule has 0 bridgehead atoms. The molecule has 6 nitrogen and oxygen atoms in total. The highest BCUT2D eigenvalue weighted by Gasteiger charge is 2.21. The lowest BCUT2D eigenvalue weighted by atomic mass is 10.4. The Morgan fingerprint density at radius 1 is 1.39 bits per heavy atom. The fraction of sp³-hybridized carbons (Fsp3) is 0.750. The van der Waals surface area contributed by atoms with Crippen LogP contribution in [0.25, 0.3) is 0 Å². The topological polar surface area (TPSA) is 67.1 Å². The second kappa shape index (κ2) is 4.96. The summed E-state index contributed by atoms with van der Waals surface area (Å²) in [5.74, 6) is 3.84. The molecule has 0 spiro atoms. The summed E-state index contributed by atoms with van der Waals surface area (Å²) in [6, 6.07) is 0. The van der Waals surface area contributed by atoms with Crippen molar-refractivity contribution < 1.29 is 0 Å². The summed E-state index contributed by atoms with van der Waals surface area (Å²) in [6.07, 6.45) is 4.94. The fourth-order valence-corrected chi connectivity index (χ4v) is 2.29. The van der Waals surface area contributed by atoms with Crippen molar-refractivity contribution in [3.8, 4) is 0 Å². The van der Waals surface area contributed by atoms with Gasteiger partial charge in [0.25, 0.3) is 0 Å². The van der Waals surface area contributed by atoms with Crippen LogP contribution in [0.4, 0.5) is 0 Å². The van der Waals surface area contributed by atoms with Crippen LogP contribution in [0.1, 0.15) is 30.9 Å². The summed E-state index contributed by atoms with van der Waals surface area (Å²) in [5, 5.41) is 15.1. The van der Waals surface area contributed by atoms with Gasteiger partial charge in [-0.2, -0.15) is 0 Å². The van der Waals surface area contributed by atoms with Crippen molar-refractivity contribution in [1.29, 1.82) is 0 Å². The Labute approximate surface area is 107 Å². The first-order valence-electron chi connectivity index (χ1n) is 6.72. The molecular formula is C12H20N6. The quantitative estimate of drug-likeness (QED) is 0.594. The fourth-order valence-electron chi connectivity index (χ4n) is 2.29. The molecule has 2 aliphatic rings. The van der Waals surface area contributed by atoms with Gasteiger partial charge in [-0.15, -0.1) is 10.2 Å². The number of guanidine groups is 1. The third kappa shape index (κ3) is 2.47. The highest BCUT2D eigenvalue weighted by Crippen LogP contribution is 2.27. The minimum Gasteiger partial charge on any atom is -0.356 e. The summed E-state index contributed by atoms with van der Waals surface area (Å²) in [7, 11) is 1.80. The van der Waals surface area contributed by atoms with Crippen LogP contribution in [-0.2, 0) is 19.5 Å². The lowest BCUT2D eigenvalue weighted by Gasteiger charge is -2.11. The van der Waals surface area contributed by atoms with Crippen LogP contribution in [0.2, 0.25) is 0 Å². The van der Waals surface area contributed by atoms with Gasteiger partial charge in [0.15, 0.2) is 11.8 Å². The molecule has 0 unspecified atom stereocenters. The monoisotopic (exact) mass is 248 g/mol. The van der Waals surface area contributed by atoms with Gasteiger partial charge in [0.1, 0.15) is 5.82 Å². The predicted octanol–water partition coefficient (Wildman–Crippen LogP) is 0.299. The van der Waals surface area contributed by atoms with Crippen LogP contribution in [-0.4, -0.2) is 34.3 Å². The number of nitrogens with one attached hydrogen (secondary N) is 2. The molecule has 0 aromatic carbocycles. The first-order valence-corrected chi connectivity index (χ1v) is 6.72. The van der Waals surface area contributed by atoms with E-state index in [0.29, 0.717) is 6.54 Å². The molecule has 2 N–H and O–H groups in total. The van der Waals surface area contributed by atoms with E-state index in [4.69, 9.17) is 0 Å². The Morgan fingerprint density at radius 2 is 2.28 bits per heavy atom. The van der Waals surface area contributed by atoms with Gasteiger partial charge in [-0.3, -0.25) is 4.99 Å². The van der Waals surface area contributed by atoms with E-state index < -0.39 is 0 Å². The molecule has 1 fully saturated rings. The molecule has 1 aromatic heterocycles. The first-order chi connectivity index (χ1) is 8.86. The van der Waals surface area contributed by atoms with Crippen LogP contribution < -0.4 is 10.6 Å². The Hall–Kier alpha value is -1.59. The molecule has 1 saturated carbocycles. The second-order valence-corrected chi connectivity index (χ2v) is 5.04.